The van der Waals surface area contributed by atoms with Gasteiger partial charge in [0.25, 0.3) is 5.91 Å². The molecule has 1 saturated carbocycles. The molecule has 2 aromatic carbocycles. The number of amides is 3. The molecule has 2 heterocycles. The Labute approximate surface area is 200 Å². The first-order chi connectivity index (χ1) is 16.6. The van der Waals surface area contributed by atoms with Crippen molar-refractivity contribution in [2.24, 2.45) is 0 Å². The zero-order valence-electron chi connectivity index (χ0n) is 19.4. The highest BCUT2D eigenvalue weighted by atomic mass is 16.5. The summed E-state index contributed by atoms with van der Waals surface area (Å²) in [5.74, 6) is -0.419. The smallest absolute Gasteiger partial charge is 0.339 e. The van der Waals surface area contributed by atoms with Gasteiger partial charge in [0.05, 0.1) is 5.56 Å². The van der Waals surface area contributed by atoms with E-state index in [9.17, 15) is 14.4 Å². The highest BCUT2D eigenvalue weighted by molar-refractivity contribution is 5.98. The van der Waals surface area contributed by atoms with Crippen LogP contribution in [0.25, 0.3) is 0 Å². The van der Waals surface area contributed by atoms with Crippen LogP contribution < -0.4 is 5.32 Å². The Hall–Kier alpha value is -3.35. The Bertz CT molecular complexity index is 1060. The van der Waals surface area contributed by atoms with Crippen LogP contribution in [0.5, 0.6) is 0 Å². The Morgan fingerprint density at radius 1 is 0.882 bits per heavy atom. The van der Waals surface area contributed by atoms with E-state index in [4.69, 9.17) is 4.74 Å². The number of fused-ring (bicyclic) bond motifs is 1. The molecule has 1 aliphatic carbocycles. The molecule has 3 amide bonds. The summed E-state index contributed by atoms with van der Waals surface area (Å²) in [6.45, 7) is 2.06. The molecule has 5 rings (SSSR count). The van der Waals surface area contributed by atoms with Gasteiger partial charge in [-0.1, -0.05) is 49.6 Å². The quantitative estimate of drug-likeness (QED) is 0.703. The number of hydrogen-bond donors (Lipinski definition) is 1. The number of esters is 1. The van der Waals surface area contributed by atoms with E-state index in [2.05, 4.69) is 5.32 Å². The molecule has 7 nitrogen and oxygen atoms in total. The Morgan fingerprint density at radius 2 is 1.59 bits per heavy atom. The summed E-state index contributed by atoms with van der Waals surface area (Å²) >= 11 is 0. The molecule has 2 aliphatic heterocycles. The predicted octanol–water partition coefficient (Wildman–Crippen LogP) is 3.94. The summed E-state index contributed by atoms with van der Waals surface area (Å²) < 4.78 is 5.63. The second-order valence-electron chi connectivity index (χ2n) is 9.44. The van der Waals surface area contributed by atoms with Gasteiger partial charge in [0.2, 0.25) is 0 Å². The second-order valence-corrected chi connectivity index (χ2v) is 9.44. The van der Waals surface area contributed by atoms with Gasteiger partial charge >= 0.3 is 12.0 Å². The fraction of sp³-hybridized carbons (Fsp3) is 0.444. The zero-order valence-corrected chi connectivity index (χ0v) is 19.4. The molecule has 0 radical (unpaired) electrons. The molecular formula is C27H31N3O4. The fourth-order valence-electron chi connectivity index (χ4n) is 5.19. The van der Waals surface area contributed by atoms with Crippen LogP contribution in [0.3, 0.4) is 0 Å². The van der Waals surface area contributed by atoms with Crippen LogP contribution in [0.4, 0.5) is 4.79 Å². The Kier molecular flexibility index (Phi) is 6.52. The molecule has 0 spiro atoms. The molecule has 1 saturated heterocycles. The minimum atomic E-state index is -0.355. The normalized spacial score (nSPS) is 20.9. The molecule has 34 heavy (non-hydrogen) atoms. The van der Waals surface area contributed by atoms with Gasteiger partial charge in [-0.2, -0.15) is 0 Å². The SMILES string of the molecule is O=C1OC(c2ccccc2)Cc2cc(C(=O)N3CCN(C(=O)NC4CCCCC4)CC3)ccc21. The van der Waals surface area contributed by atoms with Crippen LogP contribution in [-0.4, -0.2) is 59.9 Å². The van der Waals surface area contributed by atoms with E-state index in [-0.39, 0.29) is 30.1 Å². The molecule has 3 aliphatic rings. The maximum absolute atomic E-state index is 13.2. The third-order valence-corrected chi connectivity index (χ3v) is 7.18. The van der Waals surface area contributed by atoms with Crippen molar-refractivity contribution >= 4 is 17.9 Å². The monoisotopic (exact) mass is 461 g/mol. The molecule has 1 N–H and O–H groups in total. The minimum Gasteiger partial charge on any atom is -0.454 e. The average Bonchev–Trinajstić information content (AvgIpc) is 2.89. The van der Waals surface area contributed by atoms with Crippen LogP contribution >= 0.6 is 0 Å². The average molecular weight is 462 g/mol. The zero-order chi connectivity index (χ0) is 23.5. The molecule has 2 aromatic rings. The number of cyclic esters (lactones) is 1. The van der Waals surface area contributed by atoms with Crippen molar-refractivity contribution in [1.82, 2.24) is 15.1 Å². The minimum absolute atomic E-state index is 0.0155. The third kappa shape index (κ3) is 4.79. The topological polar surface area (TPSA) is 79.0 Å². The van der Waals surface area contributed by atoms with Crippen molar-refractivity contribution < 1.29 is 19.1 Å². The van der Waals surface area contributed by atoms with Crippen molar-refractivity contribution in [1.29, 1.82) is 0 Å². The number of hydrogen-bond acceptors (Lipinski definition) is 4. The highest BCUT2D eigenvalue weighted by Gasteiger charge is 2.30. The lowest BCUT2D eigenvalue weighted by molar-refractivity contribution is 0.0252. The number of nitrogens with zero attached hydrogens (tertiary/aromatic N) is 2. The van der Waals surface area contributed by atoms with Gasteiger partial charge in [-0.3, -0.25) is 4.79 Å². The van der Waals surface area contributed by atoms with E-state index in [1.807, 2.05) is 41.3 Å². The molecule has 2 fully saturated rings. The largest absolute Gasteiger partial charge is 0.454 e. The van der Waals surface area contributed by atoms with Gasteiger partial charge in [0, 0.05) is 44.2 Å². The molecule has 1 unspecified atom stereocenters. The second kappa shape index (κ2) is 9.87. The summed E-state index contributed by atoms with van der Waals surface area (Å²) in [7, 11) is 0. The first-order valence-electron chi connectivity index (χ1n) is 12.3. The molecule has 1 atom stereocenters. The highest BCUT2D eigenvalue weighted by Crippen LogP contribution is 2.31. The van der Waals surface area contributed by atoms with Gasteiger partial charge in [-0.15, -0.1) is 0 Å². The van der Waals surface area contributed by atoms with Crippen LogP contribution in [-0.2, 0) is 11.2 Å². The van der Waals surface area contributed by atoms with E-state index < -0.39 is 0 Å². The first-order valence-corrected chi connectivity index (χ1v) is 12.3. The van der Waals surface area contributed by atoms with Crippen molar-refractivity contribution in [3.05, 3.63) is 70.8 Å². The maximum Gasteiger partial charge on any atom is 0.339 e. The van der Waals surface area contributed by atoms with E-state index in [0.29, 0.717) is 43.7 Å². The van der Waals surface area contributed by atoms with E-state index >= 15 is 0 Å². The van der Waals surface area contributed by atoms with Crippen molar-refractivity contribution in [3.8, 4) is 0 Å². The molecular weight excluding hydrogens is 430 g/mol. The number of carbonyl (C=O) groups is 3. The van der Waals surface area contributed by atoms with Gasteiger partial charge in [-0.05, 0) is 42.2 Å². The number of benzene rings is 2. The predicted molar refractivity (Wildman–Crippen MR) is 128 cm³/mol. The van der Waals surface area contributed by atoms with Crippen LogP contribution in [0.2, 0.25) is 0 Å². The summed E-state index contributed by atoms with van der Waals surface area (Å²) in [5, 5.41) is 3.16. The van der Waals surface area contributed by atoms with Crippen LogP contribution in [0, 0.1) is 0 Å². The number of carbonyl (C=O) groups excluding carboxylic acids is 3. The third-order valence-electron chi connectivity index (χ3n) is 7.18. The van der Waals surface area contributed by atoms with E-state index in [1.54, 1.807) is 17.0 Å². The number of rotatable bonds is 3. The fourth-order valence-corrected chi connectivity index (χ4v) is 5.19. The van der Waals surface area contributed by atoms with Crippen molar-refractivity contribution in [3.63, 3.8) is 0 Å². The summed E-state index contributed by atoms with van der Waals surface area (Å²) in [4.78, 5) is 42.0. The van der Waals surface area contributed by atoms with Gasteiger partial charge in [-0.25, -0.2) is 9.59 Å². The van der Waals surface area contributed by atoms with E-state index in [0.717, 1.165) is 24.0 Å². The summed E-state index contributed by atoms with van der Waals surface area (Å²) in [6, 6.07) is 15.2. The maximum atomic E-state index is 13.2. The Balaban J connectivity index is 1.21. The van der Waals surface area contributed by atoms with Crippen molar-refractivity contribution in [2.75, 3.05) is 26.2 Å². The lowest BCUT2D eigenvalue weighted by atomic mass is 9.93. The molecule has 178 valence electrons. The number of piperazine rings is 1. The lowest BCUT2D eigenvalue weighted by Gasteiger charge is -2.36. The summed E-state index contributed by atoms with van der Waals surface area (Å²) in [6.07, 6.45) is 5.92. The van der Waals surface area contributed by atoms with E-state index in [1.165, 1.54) is 19.3 Å². The van der Waals surface area contributed by atoms with Gasteiger partial charge < -0.3 is 19.9 Å². The number of nitrogens with one attached hydrogen (secondary N) is 1. The van der Waals surface area contributed by atoms with Crippen LogP contribution in [0.15, 0.2) is 48.5 Å². The lowest BCUT2D eigenvalue weighted by Crippen LogP contribution is -2.54. The van der Waals surface area contributed by atoms with Gasteiger partial charge in [0.1, 0.15) is 6.10 Å². The molecule has 0 bridgehead atoms. The number of ether oxygens (including phenoxy) is 1. The molecule has 0 aromatic heterocycles. The van der Waals surface area contributed by atoms with Gasteiger partial charge in [0.15, 0.2) is 0 Å². The Morgan fingerprint density at radius 3 is 2.32 bits per heavy atom. The molecule has 7 heteroatoms. The first kappa shape index (κ1) is 22.4. The van der Waals surface area contributed by atoms with Crippen LogP contribution in [0.1, 0.15) is 70.1 Å². The summed E-state index contributed by atoms with van der Waals surface area (Å²) in [5.41, 5.74) is 2.87. The number of urea groups is 1. The standard InChI is InChI=1S/C27H31N3O4/c31-25(29-13-15-30(16-14-29)27(33)28-22-9-5-2-6-10-22)20-11-12-23-21(17-20)18-24(34-26(23)32)19-7-3-1-4-8-19/h1,3-4,7-8,11-12,17,22,24H,2,5-6,9-10,13-16,18H2,(H,28,33). The van der Waals surface area contributed by atoms with Crippen molar-refractivity contribution in [2.45, 2.75) is 50.7 Å².